The molecule has 1 aromatic heterocycles. The third-order valence-electron chi connectivity index (χ3n) is 5.36. The number of unbranched alkanes of at least 4 members (excludes halogenated alkanes) is 1. The number of benzene rings is 2. The van der Waals surface area contributed by atoms with Crippen molar-refractivity contribution < 1.29 is 0 Å². The van der Waals surface area contributed by atoms with Crippen LogP contribution in [-0.4, -0.2) is 49.2 Å². The van der Waals surface area contributed by atoms with Gasteiger partial charge < -0.3 is 10.2 Å². The van der Waals surface area contributed by atoms with E-state index in [2.05, 4.69) is 51.3 Å². The summed E-state index contributed by atoms with van der Waals surface area (Å²) in [6.45, 7) is 8.48. The van der Waals surface area contributed by atoms with E-state index in [1.54, 1.807) is 11.3 Å². The molecule has 0 aliphatic carbocycles. The van der Waals surface area contributed by atoms with E-state index in [1.165, 1.54) is 16.7 Å². The topological polar surface area (TPSA) is 31.4 Å². The number of anilines is 2. The number of aromatic nitrogens is 1. The van der Waals surface area contributed by atoms with Gasteiger partial charge in [0.2, 0.25) is 0 Å². The number of hydrogen-bond acceptors (Lipinski definition) is 5. The Hall–Kier alpha value is -1.53. The molecule has 2 heterocycles. The summed E-state index contributed by atoms with van der Waals surface area (Å²) >= 11 is 13.9. The first kappa shape index (κ1) is 20.7. The zero-order valence-electron chi connectivity index (χ0n) is 16.6. The standard InChI is InChI=1S/C22H26Cl2N4S/c1-16-4-7-20-21(14-16)29-22(26-20)25-8-2-3-9-27-10-12-28(13-11-27)17-5-6-18(23)19(24)15-17/h4-7,14-15H,2-3,8-13H2,1H3,(H,25,26). The molecule has 7 heteroatoms. The van der Waals surface area contributed by atoms with Gasteiger partial charge in [0.15, 0.2) is 5.13 Å². The fraction of sp³-hybridized carbons (Fsp3) is 0.409. The monoisotopic (exact) mass is 448 g/mol. The van der Waals surface area contributed by atoms with Crippen molar-refractivity contribution in [1.82, 2.24) is 9.88 Å². The maximum Gasteiger partial charge on any atom is 0.183 e. The smallest absolute Gasteiger partial charge is 0.183 e. The van der Waals surface area contributed by atoms with E-state index in [0.29, 0.717) is 10.0 Å². The van der Waals surface area contributed by atoms with Gasteiger partial charge in [0, 0.05) is 38.4 Å². The van der Waals surface area contributed by atoms with Gasteiger partial charge in [0.1, 0.15) is 0 Å². The highest BCUT2D eigenvalue weighted by atomic mass is 35.5. The van der Waals surface area contributed by atoms with Crippen LogP contribution in [0, 0.1) is 6.92 Å². The molecular formula is C22H26Cl2N4S. The number of halogens is 2. The predicted octanol–water partition coefficient (Wildman–Crippen LogP) is 5.93. The van der Waals surface area contributed by atoms with E-state index in [1.807, 2.05) is 12.1 Å². The highest BCUT2D eigenvalue weighted by Crippen LogP contribution is 2.28. The number of fused-ring (bicyclic) bond motifs is 1. The Morgan fingerprint density at radius 2 is 1.83 bits per heavy atom. The highest BCUT2D eigenvalue weighted by Gasteiger charge is 2.17. The molecule has 4 rings (SSSR count). The van der Waals surface area contributed by atoms with Gasteiger partial charge in [0.25, 0.3) is 0 Å². The number of aryl methyl sites for hydroxylation is 1. The fourth-order valence-electron chi connectivity index (χ4n) is 3.67. The number of nitrogens with one attached hydrogen (secondary N) is 1. The van der Waals surface area contributed by atoms with Gasteiger partial charge in [-0.3, -0.25) is 4.90 Å². The summed E-state index contributed by atoms with van der Waals surface area (Å²) in [5.41, 5.74) is 3.53. The zero-order chi connectivity index (χ0) is 20.2. The Morgan fingerprint density at radius 3 is 2.62 bits per heavy atom. The summed E-state index contributed by atoms with van der Waals surface area (Å²) in [7, 11) is 0. The van der Waals surface area contributed by atoms with E-state index < -0.39 is 0 Å². The van der Waals surface area contributed by atoms with Crippen LogP contribution in [0.15, 0.2) is 36.4 Å². The van der Waals surface area contributed by atoms with Crippen molar-refractivity contribution in [2.75, 3.05) is 49.5 Å². The largest absolute Gasteiger partial charge is 0.369 e. The molecule has 154 valence electrons. The van der Waals surface area contributed by atoms with Crippen LogP contribution in [0.4, 0.5) is 10.8 Å². The molecule has 1 aliphatic rings. The lowest BCUT2D eigenvalue weighted by molar-refractivity contribution is 0.254. The Bertz CT molecular complexity index is 967. The molecule has 0 spiro atoms. The minimum Gasteiger partial charge on any atom is -0.369 e. The lowest BCUT2D eigenvalue weighted by Crippen LogP contribution is -2.46. The van der Waals surface area contributed by atoms with Crippen LogP contribution in [-0.2, 0) is 0 Å². The quantitative estimate of drug-likeness (QED) is 0.454. The van der Waals surface area contributed by atoms with E-state index in [4.69, 9.17) is 23.2 Å². The summed E-state index contributed by atoms with van der Waals surface area (Å²) < 4.78 is 1.26. The Kier molecular flexibility index (Phi) is 6.81. The predicted molar refractivity (Wildman–Crippen MR) is 127 cm³/mol. The van der Waals surface area contributed by atoms with Crippen LogP contribution in [0.1, 0.15) is 18.4 Å². The van der Waals surface area contributed by atoms with Crippen molar-refractivity contribution in [2.24, 2.45) is 0 Å². The van der Waals surface area contributed by atoms with Crippen molar-refractivity contribution >= 4 is 55.6 Å². The third-order valence-corrected chi connectivity index (χ3v) is 7.08. The molecule has 1 aliphatic heterocycles. The SMILES string of the molecule is Cc1ccc2nc(NCCCCN3CCN(c4ccc(Cl)c(Cl)c4)CC3)sc2c1. The Labute approximate surface area is 186 Å². The maximum absolute atomic E-state index is 6.16. The molecule has 0 radical (unpaired) electrons. The molecule has 1 saturated heterocycles. The van der Waals surface area contributed by atoms with Gasteiger partial charge in [-0.15, -0.1) is 0 Å². The van der Waals surface area contributed by atoms with E-state index >= 15 is 0 Å². The zero-order valence-corrected chi connectivity index (χ0v) is 19.0. The molecule has 0 bridgehead atoms. The van der Waals surface area contributed by atoms with Crippen molar-refractivity contribution in [1.29, 1.82) is 0 Å². The van der Waals surface area contributed by atoms with E-state index in [9.17, 15) is 0 Å². The first-order chi connectivity index (χ1) is 14.1. The summed E-state index contributed by atoms with van der Waals surface area (Å²) in [6.07, 6.45) is 2.35. The normalized spacial score (nSPS) is 15.2. The highest BCUT2D eigenvalue weighted by molar-refractivity contribution is 7.22. The molecule has 0 atom stereocenters. The van der Waals surface area contributed by atoms with Crippen LogP contribution in [0.25, 0.3) is 10.2 Å². The molecule has 0 saturated carbocycles. The number of piperazine rings is 1. The molecule has 4 nitrogen and oxygen atoms in total. The lowest BCUT2D eigenvalue weighted by Gasteiger charge is -2.36. The first-order valence-corrected chi connectivity index (χ1v) is 11.7. The van der Waals surface area contributed by atoms with Crippen molar-refractivity contribution in [3.63, 3.8) is 0 Å². The van der Waals surface area contributed by atoms with Crippen molar-refractivity contribution in [3.05, 3.63) is 52.0 Å². The van der Waals surface area contributed by atoms with Gasteiger partial charge in [-0.2, -0.15) is 0 Å². The lowest BCUT2D eigenvalue weighted by atomic mass is 10.2. The van der Waals surface area contributed by atoms with Gasteiger partial charge in [-0.05, 0) is 62.2 Å². The summed E-state index contributed by atoms with van der Waals surface area (Å²) in [5.74, 6) is 0. The van der Waals surface area contributed by atoms with Gasteiger partial charge in [-0.1, -0.05) is 40.6 Å². The van der Waals surface area contributed by atoms with Crippen LogP contribution in [0.2, 0.25) is 10.0 Å². The average Bonchev–Trinajstić information content (AvgIpc) is 3.12. The molecular weight excluding hydrogens is 423 g/mol. The van der Waals surface area contributed by atoms with Gasteiger partial charge in [-0.25, -0.2) is 4.98 Å². The molecule has 0 amide bonds. The van der Waals surface area contributed by atoms with E-state index in [0.717, 1.165) is 62.0 Å². The van der Waals surface area contributed by atoms with Gasteiger partial charge >= 0.3 is 0 Å². The van der Waals surface area contributed by atoms with Crippen molar-refractivity contribution in [3.8, 4) is 0 Å². The molecule has 3 aromatic rings. The Balaban J connectivity index is 1.15. The van der Waals surface area contributed by atoms with Crippen LogP contribution < -0.4 is 10.2 Å². The third kappa shape index (κ3) is 5.34. The maximum atomic E-state index is 6.16. The minimum atomic E-state index is 0.614. The summed E-state index contributed by atoms with van der Waals surface area (Å²) in [6, 6.07) is 12.3. The van der Waals surface area contributed by atoms with Crippen LogP contribution in [0.5, 0.6) is 0 Å². The molecule has 1 fully saturated rings. The average molecular weight is 449 g/mol. The minimum absolute atomic E-state index is 0.614. The summed E-state index contributed by atoms with van der Waals surface area (Å²) in [5, 5.41) is 5.76. The second-order valence-electron chi connectivity index (χ2n) is 7.55. The number of rotatable bonds is 7. The fourth-order valence-corrected chi connectivity index (χ4v) is 4.96. The van der Waals surface area contributed by atoms with Crippen molar-refractivity contribution in [2.45, 2.75) is 19.8 Å². The van der Waals surface area contributed by atoms with E-state index in [-0.39, 0.29) is 0 Å². The number of nitrogens with zero attached hydrogens (tertiary/aromatic N) is 3. The number of thiazole rings is 1. The van der Waals surface area contributed by atoms with Crippen LogP contribution in [0.3, 0.4) is 0 Å². The van der Waals surface area contributed by atoms with Crippen LogP contribution >= 0.6 is 34.5 Å². The molecule has 29 heavy (non-hydrogen) atoms. The number of hydrogen-bond donors (Lipinski definition) is 1. The Morgan fingerprint density at radius 1 is 1.00 bits per heavy atom. The second-order valence-corrected chi connectivity index (χ2v) is 9.40. The molecule has 0 unspecified atom stereocenters. The second kappa shape index (κ2) is 9.52. The molecule has 2 aromatic carbocycles. The van der Waals surface area contributed by atoms with Gasteiger partial charge in [0.05, 0.1) is 20.3 Å². The first-order valence-electron chi connectivity index (χ1n) is 10.1. The molecule has 1 N–H and O–H groups in total. The summed E-state index contributed by atoms with van der Waals surface area (Å²) in [4.78, 5) is 9.60.